The van der Waals surface area contributed by atoms with Gasteiger partial charge in [0, 0.05) is 31.2 Å². The molecule has 31 heavy (non-hydrogen) atoms. The fourth-order valence-corrected chi connectivity index (χ4v) is 3.47. The minimum absolute atomic E-state index is 0.0329. The van der Waals surface area contributed by atoms with Gasteiger partial charge in [-0.15, -0.1) is 0 Å². The first-order chi connectivity index (χ1) is 14.8. The third-order valence-corrected chi connectivity index (χ3v) is 5.27. The summed E-state index contributed by atoms with van der Waals surface area (Å²) >= 11 is 5.85. The Morgan fingerprint density at radius 3 is 2.55 bits per heavy atom. The maximum atomic E-state index is 12.9. The average Bonchev–Trinajstić information content (AvgIpc) is 2.76. The predicted molar refractivity (Wildman–Crippen MR) is 114 cm³/mol. The molecule has 2 N–H and O–H groups in total. The molecule has 0 spiro atoms. The average molecular weight is 447 g/mol. The smallest absolute Gasteiger partial charge is 0.406 e. The van der Waals surface area contributed by atoms with Crippen molar-refractivity contribution in [3.05, 3.63) is 68.6 Å². The van der Waals surface area contributed by atoms with Crippen LogP contribution in [-0.2, 0) is 17.8 Å². The maximum absolute atomic E-state index is 12.9. The number of halogens is 1. The van der Waals surface area contributed by atoms with Crippen molar-refractivity contribution in [3.8, 4) is 0 Å². The van der Waals surface area contributed by atoms with Crippen LogP contribution >= 0.6 is 11.6 Å². The second-order valence-electron chi connectivity index (χ2n) is 7.09. The Morgan fingerprint density at radius 1 is 1.16 bits per heavy atom. The quantitative estimate of drug-likeness (QED) is 0.700. The third kappa shape index (κ3) is 5.05. The molecule has 2 heterocycles. The number of hydrogen-bond acceptors (Lipinski definition) is 5. The summed E-state index contributed by atoms with van der Waals surface area (Å²) in [5.74, 6) is -0.874. The molecule has 1 aliphatic heterocycles. The molecular weight excluding hydrogens is 424 g/mol. The number of ether oxygens (including phenoxy) is 1. The van der Waals surface area contributed by atoms with E-state index >= 15 is 0 Å². The molecule has 2 aromatic rings. The van der Waals surface area contributed by atoms with E-state index in [1.807, 2.05) is 0 Å². The molecule has 1 aromatic carbocycles. The number of carbonyl (C=O) groups is 3. The minimum Gasteiger partial charge on any atom is -0.448 e. The number of hydrogen-bond donors (Lipinski definition) is 2. The standard InChI is InChI=1S/C21H23ClN4O5/c1-13-12-26-17(20(29)25(13)9-10-31-21(30)23-2)8-7-16(19(26)28)18(27)24-11-14-3-5-15(22)6-4-14/h3-8,13H,9-12H2,1-2H3,(H,23,30)(H,24,27). The summed E-state index contributed by atoms with van der Waals surface area (Å²) in [4.78, 5) is 51.0. The molecule has 1 unspecified atom stereocenters. The molecular formula is C21H23ClN4O5. The Bertz CT molecular complexity index is 1050. The minimum atomic E-state index is -0.581. The van der Waals surface area contributed by atoms with Crippen LogP contribution in [0.15, 0.2) is 41.2 Å². The molecule has 0 aliphatic carbocycles. The van der Waals surface area contributed by atoms with Gasteiger partial charge in [0.1, 0.15) is 17.9 Å². The Labute approximate surface area is 183 Å². The number of alkyl carbamates (subject to hydrolysis) is 1. The summed E-state index contributed by atoms with van der Waals surface area (Å²) in [7, 11) is 1.45. The number of benzene rings is 1. The summed E-state index contributed by atoms with van der Waals surface area (Å²) in [6.45, 7) is 2.50. The first-order valence-electron chi connectivity index (χ1n) is 9.73. The molecule has 1 aliphatic rings. The number of pyridine rings is 1. The highest BCUT2D eigenvalue weighted by molar-refractivity contribution is 6.30. The SMILES string of the molecule is CNC(=O)OCCN1C(=O)c2ccc(C(=O)NCc3ccc(Cl)cc3)c(=O)n2CC1C. The van der Waals surface area contributed by atoms with Gasteiger partial charge in [-0.1, -0.05) is 23.7 Å². The van der Waals surface area contributed by atoms with Gasteiger partial charge in [-0.3, -0.25) is 14.4 Å². The van der Waals surface area contributed by atoms with Gasteiger partial charge in [-0.25, -0.2) is 4.79 Å². The molecule has 3 rings (SSSR count). The Morgan fingerprint density at radius 2 is 1.87 bits per heavy atom. The zero-order valence-electron chi connectivity index (χ0n) is 17.2. The van der Waals surface area contributed by atoms with E-state index in [9.17, 15) is 19.2 Å². The van der Waals surface area contributed by atoms with E-state index in [4.69, 9.17) is 16.3 Å². The van der Waals surface area contributed by atoms with Crippen molar-refractivity contribution in [2.24, 2.45) is 0 Å². The number of fused-ring (bicyclic) bond motifs is 1. The molecule has 3 amide bonds. The molecule has 164 valence electrons. The van der Waals surface area contributed by atoms with Gasteiger partial charge in [0.05, 0.1) is 6.54 Å². The number of aromatic nitrogens is 1. The highest BCUT2D eigenvalue weighted by atomic mass is 35.5. The van der Waals surface area contributed by atoms with Crippen LogP contribution < -0.4 is 16.2 Å². The van der Waals surface area contributed by atoms with E-state index in [2.05, 4.69) is 10.6 Å². The number of amides is 3. The largest absolute Gasteiger partial charge is 0.448 e. The lowest BCUT2D eigenvalue weighted by molar-refractivity contribution is 0.0537. The normalized spacial score (nSPS) is 15.3. The molecule has 0 saturated carbocycles. The van der Waals surface area contributed by atoms with Gasteiger partial charge in [0.2, 0.25) is 0 Å². The summed E-state index contributed by atoms with van der Waals surface area (Å²) in [6.07, 6.45) is -0.581. The van der Waals surface area contributed by atoms with Crippen LogP contribution in [-0.4, -0.2) is 53.6 Å². The van der Waals surface area contributed by atoms with Crippen molar-refractivity contribution >= 4 is 29.5 Å². The van der Waals surface area contributed by atoms with Crippen molar-refractivity contribution in [3.63, 3.8) is 0 Å². The van der Waals surface area contributed by atoms with Crippen LogP contribution in [0.25, 0.3) is 0 Å². The van der Waals surface area contributed by atoms with Crippen molar-refractivity contribution in [2.75, 3.05) is 20.2 Å². The number of nitrogens with zero attached hydrogens (tertiary/aromatic N) is 2. The first-order valence-corrected chi connectivity index (χ1v) is 10.1. The van der Waals surface area contributed by atoms with Crippen molar-refractivity contribution in [1.29, 1.82) is 0 Å². The first kappa shape index (κ1) is 22.4. The lowest BCUT2D eigenvalue weighted by Crippen LogP contribution is -2.51. The van der Waals surface area contributed by atoms with Crippen molar-refractivity contribution < 1.29 is 19.1 Å². The zero-order chi connectivity index (χ0) is 22.5. The van der Waals surface area contributed by atoms with Gasteiger partial charge in [-0.2, -0.15) is 0 Å². The lowest BCUT2D eigenvalue weighted by atomic mass is 10.1. The topological polar surface area (TPSA) is 110 Å². The van der Waals surface area contributed by atoms with E-state index < -0.39 is 17.6 Å². The molecule has 1 atom stereocenters. The molecule has 9 nitrogen and oxygen atoms in total. The van der Waals surface area contributed by atoms with E-state index in [1.165, 1.54) is 28.6 Å². The lowest BCUT2D eigenvalue weighted by Gasteiger charge is -2.35. The molecule has 0 radical (unpaired) electrons. The van der Waals surface area contributed by atoms with Gasteiger partial charge >= 0.3 is 6.09 Å². The number of nitrogens with one attached hydrogen (secondary N) is 2. The van der Waals surface area contributed by atoms with Gasteiger partial charge in [0.25, 0.3) is 17.4 Å². The van der Waals surface area contributed by atoms with Crippen LogP contribution in [0, 0.1) is 0 Å². The van der Waals surface area contributed by atoms with E-state index in [1.54, 1.807) is 31.2 Å². The van der Waals surface area contributed by atoms with Crippen LogP contribution in [0.1, 0.15) is 33.3 Å². The maximum Gasteiger partial charge on any atom is 0.406 e. The van der Waals surface area contributed by atoms with Gasteiger partial charge in [-0.05, 0) is 36.8 Å². The van der Waals surface area contributed by atoms with Crippen LogP contribution in [0.4, 0.5) is 4.79 Å². The van der Waals surface area contributed by atoms with E-state index in [-0.39, 0.29) is 49.4 Å². The highest BCUT2D eigenvalue weighted by Gasteiger charge is 2.31. The summed E-state index contributed by atoms with van der Waals surface area (Å²) in [6, 6.07) is 9.52. The molecule has 0 bridgehead atoms. The van der Waals surface area contributed by atoms with Gasteiger partial charge in [0.15, 0.2) is 0 Å². The fourth-order valence-electron chi connectivity index (χ4n) is 3.34. The van der Waals surface area contributed by atoms with Crippen molar-refractivity contribution in [2.45, 2.75) is 26.1 Å². The predicted octanol–water partition coefficient (Wildman–Crippen LogP) is 1.63. The van der Waals surface area contributed by atoms with Crippen molar-refractivity contribution in [1.82, 2.24) is 20.1 Å². The van der Waals surface area contributed by atoms with Crippen LogP contribution in [0.3, 0.4) is 0 Å². The molecule has 10 heteroatoms. The second kappa shape index (κ2) is 9.65. The van der Waals surface area contributed by atoms with Crippen LogP contribution in [0.5, 0.6) is 0 Å². The van der Waals surface area contributed by atoms with Crippen LogP contribution in [0.2, 0.25) is 5.02 Å². The monoisotopic (exact) mass is 446 g/mol. The fraction of sp³-hybridized carbons (Fsp3) is 0.333. The Hall–Kier alpha value is -3.33. The zero-order valence-corrected chi connectivity index (χ0v) is 17.9. The Balaban J connectivity index is 1.72. The Kier molecular flexibility index (Phi) is 6.96. The molecule has 0 saturated heterocycles. The number of rotatable bonds is 6. The molecule has 0 fully saturated rings. The van der Waals surface area contributed by atoms with Gasteiger partial charge < -0.3 is 24.8 Å². The number of carbonyl (C=O) groups excluding carboxylic acids is 3. The highest BCUT2D eigenvalue weighted by Crippen LogP contribution is 2.16. The summed E-state index contributed by atoms with van der Waals surface area (Å²) in [5.41, 5.74) is 0.480. The summed E-state index contributed by atoms with van der Waals surface area (Å²) in [5, 5.41) is 5.64. The van der Waals surface area contributed by atoms with E-state index in [0.717, 1.165) is 5.56 Å². The molecule has 1 aromatic heterocycles. The summed E-state index contributed by atoms with van der Waals surface area (Å²) < 4.78 is 6.27. The third-order valence-electron chi connectivity index (χ3n) is 5.01. The van der Waals surface area contributed by atoms with E-state index in [0.29, 0.717) is 5.02 Å². The second-order valence-corrected chi connectivity index (χ2v) is 7.53.